The van der Waals surface area contributed by atoms with Crippen molar-refractivity contribution in [3.05, 3.63) is 28.5 Å². The molecule has 1 aliphatic rings. The van der Waals surface area contributed by atoms with Gasteiger partial charge in [0.25, 0.3) is 5.91 Å². The summed E-state index contributed by atoms with van der Waals surface area (Å²) in [7, 11) is 2.14. The van der Waals surface area contributed by atoms with Crippen LogP contribution in [-0.4, -0.2) is 42.5 Å². The van der Waals surface area contributed by atoms with Gasteiger partial charge >= 0.3 is 0 Å². The lowest BCUT2D eigenvalue weighted by atomic mass is 9.97. The summed E-state index contributed by atoms with van der Waals surface area (Å²) >= 11 is 3.30. The van der Waals surface area contributed by atoms with Crippen molar-refractivity contribution in [3.63, 3.8) is 0 Å². The molecule has 2 rings (SSSR count). The number of halogens is 1. The smallest absolute Gasteiger partial charge is 0.269 e. The SMILES string of the molecule is CN1CCC(CNC(=O)c2ccc(Br)cn2)CC1. The molecule has 0 spiro atoms. The molecule has 1 amide bonds. The lowest BCUT2D eigenvalue weighted by Gasteiger charge is -2.28. The molecule has 1 N–H and O–H groups in total. The molecule has 98 valence electrons. The Kier molecular flexibility index (Phi) is 4.72. The second kappa shape index (κ2) is 6.29. The van der Waals surface area contributed by atoms with Crippen LogP contribution >= 0.6 is 15.9 Å². The Morgan fingerprint density at radius 3 is 2.83 bits per heavy atom. The van der Waals surface area contributed by atoms with Crippen molar-refractivity contribution in [1.82, 2.24) is 15.2 Å². The molecule has 0 atom stereocenters. The summed E-state index contributed by atoms with van der Waals surface area (Å²) in [5.41, 5.74) is 0.478. The highest BCUT2D eigenvalue weighted by Crippen LogP contribution is 2.15. The Morgan fingerprint density at radius 1 is 1.50 bits per heavy atom. The Hall–Kier alpha value is -0.940. The molecular weight excluding hydrogens is 294 g/mol. The minimum atomic E-state index is -0.0820. The summed E-state index contributed by atoms with van der Waals surface area (Å²) in [5.74, 6) is 0.516. The number of carbonyl (C=O) groups is 1. The van der Waals surface area contributed by atoms with Gasteiger partial charge in [-0.15, -0.1) is 0 Å². The molecule has 0 radical (unpaired) electrons. The number of aromatic nitrogens is 1. The van der Waals surface area contributed by atoms with E-state index in [1.165, 1.54) is 0 Å². The molecular formula is C13H18BrN3O. The van der Waals surface area contributed by atoms with Crippen LogP contribution < -0.4 is 5.32 Å². The average molecular weight is 312 g/mol. The average Bonchev–Trinajstić information content (AvgIpc) is 2.38. The number of likely N-dealkylation sites (tertiary alicyclic amines) is 1. The van der Waals surface area contributed by atoms with E-state index in [1.54, 1.807) is 12.3 Å². The van der Waals surface area contributed by atoms with Crippen molar-refractivity contribution in [2.24, 2.45) is 5.92 Å². The molecule has 1 aromatic heterocycles. The quantitative estimate of drug-likeness (QED) is 0.927. The van der Waals surface area contributed by atoms with Crippen molar-refractivity contribution in [2.75, 3.05) is 26.7 Å². The highest BCUT2D eigenvalue weighted by Gasteiger charge is 2.17. The van der Waals surface area contributed by atoms with E-state index in [2.05, 4.69) is 38.2 Å². The predicted molar refractivity (Wildman–Crippen MR) is 74.5 cm³/mol. The van der Waals surface area contributed by atoms with Gasteiger partial charge in [-0.05, 0) is 67.0 Å². The first-order chi connectivity index (χ1) is 8.65. The number of hydrogen-bond acceptors (Lipinski definition) is 3. The minimum absolute atomic E-state index is 0.0820. The predicted octanol–water partition coefficient (Wildman–Crippen LogP) is 1.92. The van der Waals surface area contributed by atoms with Gasteiger partial charge in [0.05, 0.1) is 0 Å². The maximum atomic E-state index is 11.9. The normalized spacial score (nSPS) is 17.7. The maximum absolute atomic E-state index is 11.9. The number of rotatable bonds is 3. The summed E-state index contributed by atoms with van der Waals surface area (Å²) in [6.45, 7) is 3.00. The molecule has 1 saturated heterocycles. The second-order valence-corrected chi connectivity index (χ2v) is 5.73. The van der Waals surface area contributed by atoms with E-state index in [9.17, 15) is 4.79 Å². The summed E-state index contributed by atoms with van der Waals surface area (Å²) in [5, 5.41) is 2.97. The van der Waals surface area contributed by atoms with Crippen LogP contribution in [0.2, 0.25) is 0 Å². The fourth-order valence-corrected chi connectivity index (χ4v) is 2.34. The molecule has 2 heterocycles. The molecule has 1 aromatic rings. The molecule has 18 heavy (non-hydrogen) atoms. The minimum Gasteiger partial charge on any atom is -0.350 e. The highest BCUT2D eigenvalue weighted by atomic mass is 79.9. The van der Waals surface area contributed by atoms with Gasteiger partial charge in [-0.25, -0.2) is 4.98 Å². The monoisotopic (exact) mass is 311 g/mol. The van der Waals surface area contributed by atoms with Crippen LogP contribution in [0.15, 0.2) is 22.8 Å². The Labute approximate surface area is 116 Å². The van der Waals surface area contributed by atoms with Gasteiger partial charge in [-0.2, -0.15) is 0 Å². The summed E-state index contributed by atoms with van der Waals surface area (Å²) in [6, 6.07) is 3.56. The van der Waals surface area contributed by atoms with Crippen molar-refractivity contribution in [3.8, 4) is 0 Å². The van der Waals surface area contributed by atoms with Gasteiger partial charge in [0.15, 0.2) is 0 Å². The van der Waals surface area contributed by atoms with Gasteiger partial charge in [0.2, 0.25) is 0 Å². The van der Waals surface area contributed by atoms with Gasteiger partial charge < -0.3 is 10.2 Å². The van der Waals surface area contributed by atoms with Crippen LogP contribution in [0, 0.1) is 5.92 Å². The van der Waals surface area contributed by atoms with Gasteiger partial charge in [-0.1, -0.05) is 0 Å². The summed E-state index contributed by atoms with van der Waals surface area (Å²) in [4.78, 5) is 18.3. The number of piperidine rings is 1. The molecule has 1 fully saturated rings. The van der Waals surface area contributed by atoms with E-state index in [0.29, 0.717) is 11.6 Å². The van der Waals surface area contributed by atoms with Crippen molar-refractivity contribution in [1.29, 1.82) is 0 Å². The van der Waals surface area contributed by atoms with Crippen LogP contribution in [0.1, 0.15) is 23.3 Å². The third-order valence-corrected chi connectivity index (χ3v) is 3.82. The van der Waals surface area contributed by atoms with Crippen LogP contribution in [0.25, 0.3) is 0 Å². The molecule has 0 aliphatic carbocycles. The molecule has 0 unspecified atom stereocenters. The van der Waals surface area contributed by atoms with Crippen molar-refractivity contribution in [2.45, 2.75) is 12.8 Å². The first kappa shape index (κ1) is 13.5. The fraction of sp³-hybridized carbons (Fsp3) is 0.538. The molecule has 1 aliphatic heterocycles. The van der Waals surface area contributed by atoms with Crippen LogP contribution in [0.4, 0.5) is 0 Å². The topological polar surface area (TPSA) is 45.2 Å². The van der Waals surface area contributed by atoms with E-state index < -0.39 is 0 Å². The Bertz CT molecular complexity index is 399. The number of carbonyl (C=O) groups excluding carboxylic acids is 1. The zero-order valence-electron chi connectivity index (χ0n) is 10.5. The third kappa shape index (κ3) is 3.78. The van der Waals surface area contributed by atoms with Crippen molar-refractivity contribution >= 4 is 21.8 Å². The number of nitrogens with one attached hydrogen (secondary N) is 1. The van der Waals surface area contributed by atoms with Crippen molar-refractivity contribution < 1.29 is 4.79 Å². The summed E-state index contributed by atoms with van der Waals surface area (Å²) < 4.78 is 0.884. The number of nitrogens with zero attached hydrogens (tertiary/aromatic N) is 2. The zero-order valence-corrected chi connectivity index (χ0v) is 12.1. The molecule has 4 nitrogen and oxygen atoms in total. The standard InChI is InChI=1S/C13H18BrN3O/c1-17-6-4-10(5-7-17)8-16-13(18)12-3-2-11(14)9-15-12/h2-3,9-10H,4-8H2,1H3,(H,16,18). The second-order valence-electron chi connectivity index (χ2n) is 4.82. The van der Waals surface area contributed by atoms with E-state index in [4.69, 9.17) is 0 Å². The van der Waals surface area contributed by atoms with E-state index in [-0.39, 0.29) is 5.91 Å². The summed E-state index contributed by atoms with van der Waals surface area (Å²) in [6.07, 6.45) is 3.96. The largest absolute Gasteiger partial charge is 0.350 e. The number of hydrogen-bond donors (Lipinski definition) is 1. The van der Waals surface area contributed by atoms with Crippen LogP contribution in [0.3, 0.4) is 0 Å². The fourth-order valence-electron chi connectivity index (χ4n) is 2.10. The molecule has 0 bridgehead atoms. The molecule has 0 saturated carbocycles. The lowest BCUT2D eigenvalue weighted by Crippen LogP contribution is -2.37. The number of amides is 1. The zero-order chi connectivity index (χ0) is 13.0. The first-order valence-corrected chi connectivity index (χ1v) is 7.03. The van der Waals surface area contributed by atoms with Gasteiger partial charge in [-0.3, -0.25) is 4.79 Å². The Balaban J connectivity index is 1.79. The molecule has 0 aromatic carbocycles. The van der Waals surface area contributed by atoms with E-state index in [1.807, 2.05) is 6.07 Å². The lowest BCUT2D eigenvalue weighted by molar-refractivity contribution is 0.0934. The van der Waals surface area contributed by atoms with Gasteiger partial charge in [0.1, 0.15) is 5.69 Å². The van der Waals surface area contributed by atoms with Crippen LogP contribution in [-0.2, 0) is 0 Å². The Morgan fingerprint density at radius 2 is 2.22 bits per heavy atom. The number of pyridine rings is 1. The highest BCUT2D eigenvalue weighted by molar-refractivity contribution is 9.10. The maximum Gasteiger partial charge on any atom is 0.269 e. The van der Waals surface area contributed by atoms with E-state index >= 15 is 0 Å². The molecule has 5 heteroatoms. The van der Waals surface area contributed by atoms with E-state index in [0.717, 1.165) is 36.9 Å². The third-order valence-electron chi connectivity index (χ3n) is 3.35. The van der Waals surface area contributed by atoms with Crippen LogP contribution in [0.5, 0.6) is 0 Å². The first-order valence-electron chi connectivity index (χ1n) is 6.23. The van der Waals surface area contributed by atoms with Gasteiger partial charge in [0, 0.05) is 17.2 Å².